The molecule has 1 aliphatic heterocycles. The van der Waals surface area contributed by atoms with E-state index in [4.69, 9.17) is 10.8 Å². The van der Waals surface area contributed by atoms with Crippen molar-refractivity contribution in [3.05, 3.63) is 29.3 Å². The minimum Gasteiger partial charge on any atom is -0.545 e. The van der Waals surface area contributed by atoms with Crippen LogP contribution in [0.1, 0.15) is 34.6 Å². The molecule has 0 spiro atoms. The van der Waals surface area contributed by atoms with E-state index in [0.717, 1.165) is 6.07 Å². The van der Waals surface area contributed by atoms with E-state index in [1.165, 1.54) is 24.5 Å². The van der Waals surface area contributed by atoms with Crippen LogP contribution in [-0.4, -0.2) is 59.0 Å². The first-order chi connectivity index (χ1) is 10.2. The number of carbonyl (C=O) groups excluding carboxylic acids is 1. The van der Waals surface area contributed by atoms with Crippen LogP contribution in [0.5, 0.6) is 0 Å². The van der Waals surface area contributed by atoms with E-state index in [2.05, 4.69) is 37.4 Å². The average molecular weight is 307 g/mol. The Labute approximate surface area is 129 Å². The molecule has 1 heterocycles. The summed E-state index contributed by atoms with van der Waals surface area (Å²) in [5, 5.41) is 19.1. The number of nitrogens with zero attached hydrogens (tertiary/aromatic N) is 2. The molecule has 0 radical (unpaired) electrons. The van der Waals surface area contributed by atoms with Crippen molar-refractivity contribution >= 4 is 23.5 Å². The molecule has 1 unspecified atom stereocenters. The fraction of sp³-hybridized carbons (Fsp3) is 0.400. The Morgan fingerprint density at radius 3 is 2.32 bits per heavy atom. The maximum absolute atomic E-state index is 10.5. The second kappa shape index (κ2) is 6.93. The molecule has 22 heavy (non-hydrogen) atoms. The topological polar surface area (TPSA) is 110 Å². The summed E-state index contributed by atoms with van der Waals surface area (Å²) in [6.45, 7) is 5.57. The largest absolute Gasteiger partial charge is 0.545 e. The van der Waals surface area contributed by atoms with E-state index >= 15 is 0 Å². The first-order valence-corrected chi connectivity index (χ1v) is 6.77. The van der Waals surface area contributed by atoms with Gasteiger partial charge in [0.05, 0.1) is 25.6 Å². The van der Waals surface area contributed by atoms with Crippen LogP contribution in [0.15, 0.2) is 18.2 Å². The van der Waals surface area contributed by atoms with E-state index in [9.17, 15) is 14.7 Å². The van der Waals surface area contributed by atoms with Crippen LogP contribution < -0.4 is 10.8 Å². The number of carboxylic acids is 2. The molecule has 2 rings (SSSR count). The quantitative estimate of drug-likeness (QED) is 0.574. The maximum atomic E-state index is 10.5. The number of aromatic carboxylic acids is 2. The summed E-state index contributed by atoms with van der Waals surface area (Å²) in [5.74, 6) is -1.55. The molecule has 1 aromatic rings. The molecular formula is C15H21N3O4. The number of anilines is 1. The van der Waals surface area contributed by atoms with Gasteiger partial charge < -0.3 is 20.7 Å². The van der Waals surface area contributed by atoms with Crippen LogP contribution in [0.3, 0.4) is 0 Å². The number of nitrogens with two attached hydrogens (primary N) is 1. The minimum absolute atomic E-state index is 0.111. The zero-order valence-electron chi connectivity index (χ0n) is 13.2. The third kappa shape index (κ3) is 3.75. The van der Waals surface area contributed by atoms with Crippen molar-refractivity contribution in [2.45, 2.75) is 19.9 Å². The molecule has 3 N–H and O–H groups in total. The Morgan fingerprint density at radius 2 is 2.05 bits per heavy atom. The number of carboxylic acid groups (broad SMARTS) is 2. The number of rotatable bonds is 2. The number of carbonyl (C=O) groups is 2. The lowest BCUT2D eigenvalue weighted by Gasteiger charge is -2.09. The van der Waals surface area contributed by atoms with E-state index in [-0.39, 0.29) is 11.3 Å². The van der Waals surface area contributed by atoms with E-state index < -0.39 is 17.5 Å². The predicted molar refractivity (Wildman–Crippen MR) is 81.1 cm³/mol. The van der Waals surface area contributed by atoms with Gasteiger partial charge in [0.15, 0.2) is 0 Å². The van der Waals surface area contributed by atoms with Gasteiger partial charge in [0, 0.05) is 18.2 Å². The second-order valence-corrected chi connectivity index (χ2v) is 5.25. The maximum Gasteiger partial charge on any atom is 0.336 e. The molecule has 120 valence electrons. The third-order valence-corrected chi connectivity index (χ3v) is 3.79. The Bertz CT molecular complexity index is 609. The minimum atomic E-state index is -1.59. The molecule has 0 saturated carbocycles. The fourth-order valence-corrected chi connectivity index (χ4v) is 2.22. The van der Waals surface area contributed by atoms with Crippen LogP contribution in [-0.2, 0) is 0 Å². The van der Waals surface area contributed by atoms with Crippen molar-refractivity contribution < 1.29 is 24.4 Å². The smallest absolute Gasteiger partial charge is 0.336 e. The van der Waals surface area contributed by atoms with Crippen LogP contribution in [0.2, 0.25) is 0 Å². The standard InChI is InChI=1S/C8H7NO4.C7H15N2/c9-5-3-1-2-4(7(10)11)6(5)8(12)13;1-6-5-8(3)7(2)9(6)4/h1-3H,9H2,(H,10,11)(H,12,13);6H,5H2,1-4H3/q;+1/p-1. The summed E-state index contributed by atoms with van der Waals surface area (Å²) in [6, 6.07) is 4.52. The first kappa shape index (κ1) is 17.5. The molecule has 1 aliphatic rings. The predicted octanol–water partition coefficient (Wildman–Crippen LogP) is -0.288. The van der Waals surface area contributed by atoms with Crippen molar-refractivity contribution in [2.24, 2.45) is 0 Å². The van der Waals surface area contributed by atoms with Crippen molar-refractivity contribution in [2.75, 3.05) is 26.4 Å². The molecule has 7 nitrogen and oxygen atoms in total. The normalized spacial score (nSPS) is 17.1. The van der Waals surface area contributed by atoms with Gasteiger partial charge in [-0.1, -0.05) is 6.07 Å². The van der Waals surface area contributed by atoms with Gasteiger partial charge in [-0.3, -0.25) is 9.48 Å². The summed E-state index contributed by atoms with van der Waals surface area (Å²) in [6.07, 6.45) is 0. The highest BCUT2D eigenvalue weighted by molar-refractivity contribution is 6.04. The summed E-state index contributed by atoms with van der Waals surface area (Å²) >= 11 is 0. The van der Waals surface area contributed by atoms with Crippen molar-refractivity contribution in [1.82, 2.24) is 4.90 Å². The summed E-state index contributed by atoms with van der Waals surface area (Å²) in [4.78, 5) is 23.3. The molecule has 0 aromatic heterocycles. The van der Waals surface area contributed by atoms with E-state index in [1.54, 1.807) is 0 Å². The summed E-state index contributed by atoms with van der Waals surface area (Å²) in [7, 11) is 4.28. The molecule has 1 atom stereocenters. The number of benzene rings is 1. The van der Waals surface area contributed by atoms with Crippen molar-refractivity contribution in [1.29, 1.82) is 0 Å². The van der Waals surface area contributed by atoms with Gasteiger partial charge in [0.25, 0.3) is 0 Å². The average Bonchev–Trinajstić information content (AvgIpc) is 2.65. The number of likely N-dealkylation sites (N-methyl/N-ethyl adjacent to an activating group) is 2. The van der Waals surface area contributed by atoms with Crippen molar-refractivity contribution in [3.8, 4) is 0 Å². The highest BCUT2D eigenvalue weighted by Crippen LogP contribution is 2.15. The molecule has 0 bridgehead atoms. The molecule has 7 heteroatoms. The highest BCUT2D eigenvalue weighted by atomic mass is 16.4. The third-order valence-electron chi connectivity index (χ3n) is 3.79. The molecular weight excluding hydrogens is 286 g/mol. The van der Waals surface area contributed by atoms with Crippen LogP contribution in [0.4, 0.5) is 5.69 Å². The van der Waals surface area contributed by atoms with Crippen molar-refractivity contribution in [3.63, 3.8) is 0 Å². The van der Waals surface area contributed by atoms with Crippen LogP contribution >= 0.6 is 0 Å². The molecule has 0 aliphatic carbocycles. The summed E-state index contributed by atoms with van der Waals surface area (Å²) in [5.41, 5.74) is 4.33. The van der Waals surface area contributed by atoms with Crippen LogP contribution in [0.25, 0.3) is 0 Å². The summed E-state index contributed by atoms with van der Waals surface area (Å²) < 4.78 is 2.31. The second-order valence-electron chi connectivity index (χ2n) is 5.25. The van der Waals surface area contributed by atoms with Gasteiger partial charge in [-0.2, -0.15) is 0 Å². The molecule has 0 saturated heterocycles. The van der Waals surface area contributed by atoms with Gasteiger partial charge in [0.1, 0.15) is 12.6 Å². The zero-order valence-corrected chi connectivity index (χ0v) is 13.2. The number of hydrogen-bond donors (Lipinski definition) is 2. The lowest BCUT2D eigenvalue weighted by atomic mass is 10.1. The van der Waals surface area contributed by atoms with E-state index in [0.29, 0.717) is 6.04 Å². The van der Waals surface area contributed by atoms with Gasteiger partial charge in [-0.05, 0) is 19.1 Å². The number of hydrogen-bond acceptors (Lipinski definition) is 5. The number of nitrogen functional groups attached to an aromatic ring is 1. The SMILES string of the molecule is CC1=[N+](C)C(C)CN1C.Nc1cccc(C(=O)O)c1C(=O)[O-]. The Morgan fingerprint density at radius 1 is 1.45 bits per heavy atom. The molecule has 0 fully saturated rings. The van der Waals surface area contributed by atoms with Gasteiger partial charge in [-0.15, -0.1) is 0 Å². The highest BCUT2D eigenvalue weighted by Gasteiger charge is 2.26. The lowest BCUT2D eigenvalue weighted by Crippen LogP contribution is -2.26. The van der Waals surface area contributed by atoms with Gasteiger partial charge >= 0.3 is 5.97 Å². The van der Waals surface area contributed by atoms with Gasteiger partial charge in [0.2, 0.25) is 5.84 Å². The van der Waals surface area contributed by atoms with Gasteiger partial charge in [-0.25, -0.2) is 4.79 Å². The lowest BCUT2D eigenvalue weighted by molar-refractivity contribution is -0.523. The van der Waals surface area contributed by atoms with Crippen LogP contribution in [0, 0.1) is 0 Å². The Balaban J connectivity index is 0.000000235. The van der Waals surface area contributed by atoms with E-state index in [1.807, 2.05) is 0 Å². The molecule has 0 amide bonds. The number of amidine groups is 1. The monoisotopic (exact) mass is 307 g/mol. The fourth-order valence-electron chi connectivity index (χ4n) is 2.22. The first-order valence-electron chi connectivity index (χ1n) is 6.77. The Hall–Kier alpha value is -2.57. The Kier molecular flexibility index (Phi) is 5.50. The molecule has 1 aromatic carbocycles. The zero-order chi connectivity index (χ0) is 17.0.